The number of rotatable bonds is 0. The first-order valence-corrected chi connectivity index (χ1v) is 3.79. The van der Waals surface area contributed by atoms with Crippen LogP contribution in [0, 0.1) is 0 Å². The third kappa shape index (κ3) is 0.792. The van der Waals surface area contributed by atoms with E-state index in [1.54, 1.807) is 0 Å². The predicted molar refractivity (Wildman–Crippen MR) is 44.6 cm³/mol. The molecule has 12 heavy (non-hydrogen) atoms. The molecule has 5 heteroatoms. The Labute approximate surface area is 67.8 Å². The number of fused-ring (bicyclic) bond motifs is 1. The van der Waals surface area contributed by atoms with Gasteiger partial charge in [0.25, 0.3) is 11.1 Å². The SMILES string of the molecule is CC1CNc2c1c(=O)[nH][nH]c2=O. The number of nitrogens with one attached hydrogen (secondary N) is 3. The highest BCUT2D eigenvalue weighted by atomic mass is 16.1. The molecule has 2 heterocycles. The third-order valence-electron chi connectivity index (χ3n) is 2.11. The van der Waals surface area contributed by atoms with E-state index in [2.05, 4.69) is 15.5 Å². The quantitative estimate of drug-likeness (QED) is 0.491. The fourth-order valence-electron chi connectivity index (χ4n) is 1.48. The lowest BCUT2D eigenvalue weighted by Gasteiger charge is -1.97. The molecule has 3 N–H and O–H groups in total. The van der Waals surface area contributed by atoms with Crippen LogP contribution in [-0.4, -0.2) is 16.7 Å². The Morgan fingerprint density at radius 2 is 1.92 bits per heavy atom. The number of aromatic amines is 2. The fraction of sp³-hybridized carbons (Fsp3) is 0.429. The Morgan fingerprint density at radius 1 is 1.25 bits per heavy atom. The van der Waals surface area contributed by atoms with Gasteiger partial charge in [0.1, 0.15) is 5.69 Å². The summed E-state index contributed by atoms with van der Waals surface area (Å²) in [6, 6.07) is 0. The van der Waals surface area contributed by atoms with Gasteiger partial charge in [0, 0.05) is 12.5 Å². The molecule has 0 saturated heterocycles. The van der Waals surface area contributed by atoms with Crippen molar-refractivity contribution in [3.8, 4) is 0 Å². The molecular weight excluding hydrogens is 158 g/mol. The lowest BCUT2D eigenvalue weighted by Crippen LogP contribution is -2.22. The van der Waals surface area contributed by atoms with E-state index < -0.39 is 0 Å². The van der Waals surface area contributed by atoms with Gasteiger partial charge in [-0.15, -0.1) is 0 Å². The Kier molecular flexibility index (Phi) is 1.33. The summed E-state index contributed by atoms with van der Waals surface area (Å²) in [5, 5.41) is 7.46. The molecule has 1 unspecified atom stereocenters. The van der Waals surface area contributed by atoms with Crippen molar-refractivity contribution in [3.05, 3.63) is 26.3 Å². The van der Waals surface area contributed by atoms with Gasteiger partial charge in [0.05, 0.1) is 5.56 Å². The summed E-state index contributed by atoms with van der Waals surface area (Å²) in [5.41, 5.74) is 0.529. The van der Waals surface area contributed by atoms with E-state index in [0.717, 1.165) is 0 Å². The van der Waals surface area contributed by atoms with Crippen LogP contribution >= 0.6 is 0 Å². The second-order valence-corrected chi connectivity index (χ2v) is 2.98. The minimum atomic E-state index is -0.256. The van der Waals surface area contributed by atoms with Crippen LogP contribution < -0.4 is 16.4 Å². The van der Waals surface area contributed by atoms with Crippen LogP contribution in [0.4, 0.5) is 5.69 Å². The summed E-state index contributed by atoms with van der Waals surface area (Å²) in [5.74, 6) is 0.117. The fourth-order valence-corrected chi connectivity index (χ4v) is 1.48. The zero-order valence-electron chi connectivity index (χ0n) is 6.60. The van der Waals surface area contributed by atoms with Gasteiger partial charge in [-0.3, -0.25) is 19.8 Å². The first kappa shape index (κ1) is 7.15. The molecule has 0 spiro atoms. The molecule has 0 saturated carbocycles. The molecule has 2 rings (SSSR count). The molecule has 0 radical (unpaired) electrons. The number of hydrogen-bond acceptors (Lipinski definition) is 3. The van der Waals surface area contributed by atoms with Crippen LogP contribution in [0.5, 0.6) is 0 Å². The zero-order valence-corrected chi connectivity index (χ0v) is 6.60. The van der Waals surface area contributed by atoms with Crippen LogP contribution in [0.2, 0.25) is 0 Å². The van der Waals surface area contributed by atoms with Crippen molar-refractivity contribution in [2.45, 2.75) is 12.8 Å². The van der Waals surface area contributed by atoms with E-state index in [4.69, 9.17) is 0 Å². The minimum Gasteiger partial charge on any atom is -0.380 e. The standard InChI is InChI=1S/C7H9N3O2/c1-3-2-8-5-4(3)6(11)9-10-7(5)12/h3,8H,2H2,1H3,(H,9,11)(H,10,12). The molecule has 0 fully saturated rings. The first-order chi connectivity index (χ1) is 5.70. The summed E-state index contributed by atoms with van der Waals surface area (Å²) in [4.78, 5) is 22.3. The van der Waals surface area contributed by atoms with Crippen molar-refractivity contribution in [1.82, 2.24) is 10.2 Å². The van der Waals surface area contributed by atoms with Gasteiger partial charge in [-0.25, -0.2) is 0 Å². The summed E-state index contributed by atoms with van der Waals surface area (Å²) >= 11 is 0. The van der Waals surface area contributed by atoms with Crippen molar-refractivity contribution in [1.29, 1.82) is 0 Å². The molecule has 1 aromatic heterocycles. The summed E-state index contributed by atoms with van der Waals surface area (Å²) in [7, 11) is 0. The van der Waals surface area contributed by atoms with Gasteiger partial charge >= 0.3 is 0 Å². The molecule has 0 aliphatic carbocycles. The van der Waals surface area contributed by atoms with Gasteiger partial charge in [0.2, 0.25) is 0 Å². The number of H-pyrrole nitrogens is 2. The topological polar surface area (TPSA) is 77.8 Å². The van der Waals surface area contributed by atoms with Crippen molar-refractivity contribution in [2.75, 3.05) is 11.9 Å². The maximum absolute atomic E-state index is 11.2. The summed E-state index contributed by atoms with van der Waals surface area (Å²) in [6.45, 7) is 2.57. The number of hydrogen-bond donors (Lipinski definition) is 3. The smallest absolute Gasteiger partial charge is 0.286 e. The maximum Gasteiger partial charge on any atom is 0.286 e. The summed E-state index contributed by atoms with van der Waals surface area (Å²) in [6.07, 6.45) is 0. The Bertz CT molecular complexity index is 417. The lowest BCUT2D eigenvalue weighted by atomic mass is 10.1. The monoisotopic (exact) mass is 167 g/mol. The van der Waals surface area contributed by atoms with Crippen LogP contribution in [0.25, 0.3) is 0 Å². The van der Waals surface area contributed by atoms with E-state index in [-0.39, 0.29) is 17.0 Å². The minimum absolute atomic E-state index is 0.117. The van der Waals surface area contributed by atoms with E-state index in [9.17, 15) is 9.59 Å². The number of anilines is 1. The van der Waals surface area contributed by atoms with Crippen LogP contribution in [0.3, 0.4) is 0 Å². The van der Waals surface area contributed by atoms with Crippen LogP contribution in [0.1, 0.15) is 18.4 Å². The Balaban J connectivity index is 2.82. The van der Waals surface area contributed by atoms with Crippen LogP contribution in [0.15, 0.2) is 9.59 Å². The maximum atomic E-state index is 11.2. The molecule has 5 nitrogen and oxygen atoms in total. The van der Waals surface area contributed by atoms with Gasteiger partial charge in [-0.2, -0.15) is 0 Å². The average molecular weight is 167 g/mol. The molecule has 1 aliphatic heterocycles. The zero-order chi connectivity index (χ0) is 8.72. The highest BCUT2D eigenvalue weighted by Gasteiger charge is 2.23. The average Bonchev–Trinajstić information content (AvgIpc) is 2.42. The lowest BCUT2D eigenvalue weighted by molar-refractivity contribution is 0.824. The van der Waals surface area contributed by atoms with Crippen molar-refractivity contribution < 1.29 is 0 Å². The second kappa shape index (κ2) is 2.23. The van der Waals surface area contributed by atoms with Crippen molar-refractivity contribution in [2.24, 2.45) is 0 Å². The van der Waals surface area contributed by atoms with Gasteiger partial charge in [-0.1, -0.05) is 6.92 Å². The molecule has 64 valence electrons. The van der Waals surface area contributed by atoms with Crippen molar-refractivity contribution in [3.63, 3.8) is 0 Å². The van der Waals surface area contributed by atoms with Gasteiger partial charge < -0.3 is 5.32 Å². The highest BCUT2D eigenvalue weighted by Crippen LogP contribution is 2.22. The Morgan fingerprint density at radius 3 is 2.58 bits per heavy atom. The largest absolute Gasteiger partial charge is 0.380 e. The van der Waals surface area contributed by atoms with Crippen LogP contribution in [-0.2, 0) is 0 Å². The van der Waals surface area contributed by atoms with Gasteiger partial charge in [0.15, 0.2) is 0 Å². The highest BCUT2D eigenvalue weighted by molar-refractivity contribution is 5.54. The third-order valence-corrected chi connectivity index (χ3v) is 2.11. The second-order valence-electron chi connectivity index (χ2n) is 2.98. The van der Waals surface area contributed by atoms with E-state index in [0.29, 0.717) is 17.8 Å². The number of aromatic nitrogens is 2. The van der Waals surface area contributed by atoms with E-state index in [1.807, 2.05) is 6.92 Å². The molecule has 1 atom stereocenters. The molecule has 0 bridgehead atoms. The predicted octanol–water partition coefficient (Wildman–Crippen LogP) is -0.408. The molecule has 0 aromatic carbocycles. The normalized spacial score (nSPS) is 20.2. The van der Waals surface area contributed by atoms with Crippen molar-refractivity contribution >= 4 is 5.69 Å². The van der Waals surface area contributed by atoms with E-state index in [1.165, 1.54) is 0 Å². The Hall–Kier alpha value is -1.52. The molecule has 1 aromatic rings. The molecule has 0 amide bonds. The molecule has 1 aliphatic rings. The summed E-state index contributed by atoms with van der Waals surface area (Å²) < 4.78 is 0. The van der Waals surface area contributed by atoms with Gasteiger partial charge in [-0.05, 0) is 0 Å². The van der Waals surface area contributed by atoms with E-state index >= 15 is 0 Å². The molecular formula is C7H9N3O2. The first-order valence-electron chi connectivity index (χ1n) is 3.79.